The maximum atomic E-state index is 12.1. The number of rotatable bonds is 5. The van der Waals surface area contributed by atoms with Gasteiger partial charge in [-0.15, -0.1) is 11.6 Å². The first-order valence-electron chi connectivity index (χ1n) is 4.27. The second-order valence-corrected chi connectivity index (χ2v) is 3.17. The van der Waals surface area contributed by atoms with Crippen LogP contribution in [0.25, 0.3) is 0 Å². The molecule has 86 valence electrons. The Labute approximate surface area is 89.8 Å². The third kappa shape index (κ3) is 4.09. The van der Waals surface area contributed by atoms with Gasteiger partial charge in [-0.2, -0.15) is 18.3 Å². The van der Waals surface area contributed by atoms with Crippen molar-refractivity contribution in [1.29, 1.82) is 0 Å². The van der Waals surface area contributed by atoms with Crippen molar-refractivity contribution in [2.75, 3.05) is 19.1 Å². The molecule has 1 aromatic heterocycles. The van der Waals surface area contributed by atoms with Gasteiger partial charge in [-0.05, 0) is 0 Å². The second-order valence-electron chi connectivity index (χ2n) is 2.79. The number of aromatic nitrogens is 2. The van der Waals surface area contributed by atoms with E-state index in [1.807, 2.05) is 0 Å². The summed E-state index contributed by atoms with van der Waals surface area (Å²) in [4.78, 5) is 0. The number of alkyl halides is 4. The average Bonchev–Trinajstić information content (AvgIpc) is 2.60. The van der Waals surface area contributed by atoms with Gasteiger partial charge in [0.25, 0.3) is 0 Å². The number of nitrogens with zero attached hydrogens (tertiary/aromatic N) is 2. The lowest BCUT2D eigenvalue weighted by molar-refractivity contribution is -0.137. The van der Waals surface area contributed by atoms with Crippen LogP contribution in [0.15, 0.2) is 12.4 Å². The quantitative estimate of drug-likeness (QED) is 0.584. The molecule has 0 amide bonds. The first kappa shape index (κ1) is 12.3. The average molecular weight is 243 g/mol. The third-order valence-electron chi connectivity index (χ3n) is 1.65. The molecule has 0 radical (unpaired) electrons. The van der Waals surface area contributed by atoms with Gasteiger partial charge in [0.05, 0.1) is 31.5 Å². The number of hydrogen-bond acceptors (Lipinski definition) is 2. The molecule has 15 heavy (non-hydrogen) atoms. The number of hydrogen-bond donors (Lipinski definition) is 0. The van der Waals surface area contributed by atoms with E-state index in [1.54, 1.807) is 0 Å². The van der Waals surface area contributed by atoms with E-state index in [1.165, 1.54) is 4.68 Å². The Kier molecular flexibility index (Phi) is 4.41. The van der Waals surface area contributed by atoms with E-state index in [0.29, 0.717) is 19.1 Å². The van der Waals surface area contributed by atoms with Crippen molar-refractivity contribution in [2.45, 2.75) is 12.7 Å². The molecule has 0 atom stereocenters. The van der Waals surface area contributed by atoms with Crippen LogP contribution in [0.5, 0.6) is 0 Å². The van der Waals surface area contributed by atoms with Crippen LogP contribution in [0.2, 0.25) is 0 Å². The van der Waals surface area contributed by atoms with E-state index in [4.69, 9.17) is 16.3 Å². The summed E-state index contributed by atoms with van der Waals surface area (Å²) in [5, 5.41) is 3.56. The zero-order valence-corrected chi connectivity index (χ0v) is 8.55. The molecule has 0 aromatic carbocycles. The molecule has 0 aliphatic carbocycles. The highest BCUT2D eigenvalue weighted by molar-refractivity contribution is 6.17. The predicted molar refractivity (Wildman–Crippen MR) is 48.8 cm³/mol. The SMILES string of the molecule is FC(F)(F)c1cnn(CCOCCCl)c1. The Morgan fingerprint density at radius 3 is 2.67 bits per heavy atom. The predicted octanol–water partition coefficient (Wildman–Crippen LogP) is 2.16. The van der Waals surface area contributed by atoms with Gasteiger partial charge in [0, 0.05) is 12.1 Å². The van der Waals surface area contributed by atoms with E-state index in [9.17, 15) is 13.2 Å². The highest BCUT2D eigenvalue weighted by Gasteiger charge is 2.31. The second kappa shape index (κ2) is 5.37. The minimum Gasteiger partial charge on any atom is -0.378 e. The summed E-state index contributed by atoms with van der Waals surface area (Å²) in [6.07, 6.45) is -2.60. The zero-order valence-electron chi connectivity index (χ0n) is 7.80. The summed E-state index contributed by atoms with van der Waals surface area (Å²) < 4.78 is 42.6. The molecule has 0 fully saturated rings. The van der Waals surface area contributed by atoms with Gasteiger partial charge in [0.2, 0.25) is 0 Å². The fourth-order valence-electron chi connectivity index (χ4n) is 0.947. The summed E-state index contributed by atoms with van der Waals surface area (Å²) in [6.45, 7) is 0.966. The van der Waals surface area contributed by atoms with Crippen molar-refractivity contribution >= 4 is 11.6 Å². The van der Waals surface area contributed by atoms with Crippen molar-refractivity contribution in [3.63, 3.8) is 0 Å². The molecule has 0 saturated carbocycles. The molecule has 0 saturated heterocycles. The van der Waals surface area contributed by atoms with Crippen LogP contribution in [0.4, 0.5) is 13.2 Å². The van der Waals surface area contributed by atoms with Gasteiger partial charge in [0.15, 0.2) is 0 Å². The molecule has 0 spiro atoms. The van der Waals surface area contributed by atoms with Crippen molar-refractivity contribution in [3.05, 3.63) is 18.0 Å². The first-order chi connectivity index (χ1) is 7.04. The molecular formula is C8H10ClF3N2O. The standard InChI is InChI=1S/C8H10ClF3N2O/c9-1-3-15-4-2-14-6-7(5-13-14)8(10,11)12/h5-6H,1-4H2. The van der Waals surface area contributed by atoms with Crippen molar-refractivity contribution in [1.82, 2.24) is 9.78 Å². The van der Waals surface area contributed by atoms with Crippen LogP contribution in [0.3, 0.4) is 0 Å². The number of halogens is 4. The normalized spacial score (nSPS) is 12.0. The molecule has 1 heterocycles. The monoisotopic (exact) mass is 242 g/mol. The minimum absolute atomic E-state index is 0.285. The Morgan fingerprint density at radius 1 is 1.40 bits per heavy atom. The lowest BCUT2D eigenvalue weighted by atomic mass is 10.4. The highest BCUT2D eigenvalue weighted by Crippen LogP contribution is 2.28. The maximum Gasteiger partial charge on any atom is 0.419 e. The first-order valence-corrected chi connectivity index (χ1v) is 4.81. The topological polar surface area (TPSA) is 27.1 Å². The molecule has 7 heteroatoms. The maximum absolute atomic E-state index is 12.1. The fraction of sp³-hybridized carbons (Fsp3) is 0.625. The Morgan fingerprint density at radius 2 is 2.13 bits per heavy atom. The van der Waals surface area contributed by atoms with Crippen LogP contribution in [0.1, 0.15) is 5.56 Å². The largest absolute Gasteiger partial charge is 0.419 e. The molecule has 0 unspecified atom stereocenters. The van der Waals surface area contributed by atoms with Crippen molar-refractivity contribution in [3.8, 4) is 0 Å². The van der Waals surface area contributed by atoms with Gasteiger partial charge >= 0.3 is 6.18 Å². The van der Waals surface area contributed by atoms with E-state index >= 15 is 0 Å². The van der Waals surface area contributed by atoms with Crippen LogP contribution in [-0.4, -0.2) is 28.9 Å². The van der Waals surface area contributed by atoms with E-state index in [0.717, 1.165) is 12.4 Å². The molecule has 1 rings (SSSR count). The Balaban J connectivity index is 2.40. The van der Waals surface area contributed by atoms with Crippen molar-refractivity contribution < 1.29 is 17.9 Å². The van der Waals surface area contributed by atoms with Crippen LogP contribution >= 0.6 is 11.6 Å². The Bertz CT molecular complexity index is 300. The highest BCUT2D eigenvalue weighted by atomic mass is 35.5. The van der Waals surface area contributed by atoms with Gasteiger partial charge in [-0.3, -0.25) is 4.68 Å². The summed E-state index contributed by atoms with van der Waals surface area (Å²) in [6, 6.07) is 0. The van der Waals surface area contributed by atoms with Crippen molar-refractivity contribution in [2.24, 2.45) is 0 Å². The van der Waals surface area contributed by atoms with E-state index < -0.39 is 11.7 Å². The van der Waals surface area contributed by atoms with Crippen LogP contribution < -0.4 is 0 Å². The molecule has 3 nitrogen and oxygen atoms in total. The lowest BCUT2D eigenvalue weighted by Gasteiger charge is -2.02. The van der Waals surface area contributed by atoms with E-state index in [2.05, 4.69) is 5.10 Å². The fourth-order valence-corrected chi connectivity index (χ4v) is 1.06. The lowest BCUT2D eigenvalue weighted by Crippen LogP contribution is -2.08. The third-order valence-corrected chi connectivity index (χ3v) is 1.80. The van der Waals surface area contributed by atoms with Gasteiger partial charge in [-0.1, -0.05) is 0 Å². The molecule has 1 aromatic rings. The summed E-state index contributed by atoms with van der Waals surface area (Å²) >= 11 is 5.35. The van der Waals surface area contributed by atoms with Crippen LogP contribution in [0, 0.1) is 0 Å². The summed E-state index contributed by atoms with van der Waals surface area (Å²) in [7, 11) is 0. The smallest absolute Gasteiger partial charge is 0.378 e. The molecule has 0 bridgehead atoms. The van der Waals surface area contributed by atoms with Gasteiger partial charge < -0.3 is 4.74 Å². The Hall–Kier alpha value is -0.750. The number of ether oxygens (including phenoxy) is 1. The zero-order chi connectivity index (χ0) is 11.3. The van der Waals surface area contributed by atoms with Gasteiger partial charge in [-0.25, -0.2) is 0 Å². The molecule has 0 aliphatic rings. The molecular weight excluding hydrogens is 233 g/mol. The van der Waals surface area contributed by atoms with Gasteiger partial charge in [0.1, 0.15) is 0 Å². The molecule has 0 aliphatic heterocycles. The minimum atomic E-state index is -4.34. The summed E-state index contributed by atoms with van der Waals surface area (Å²) in [5.41, 5.74) is -0.750. The van der Waals surface area contributed by atoms with Crippen LogP contribution in [-0.2, 0) is 17.5 Å². The molecule has 0 N–H and O–H groups in total. The summed E-state index contributed by atoms with van der Waals surface area (Å²) in [5.74, 6) is 0.368. The van der Waals surface area contributed by atoms with E-state index in [-0.39, 0.29) is 6.54 Å².